The molecule has 4 rings (SSSR count). The van der Waals surface area contributed by atoms with Crippen LogP contribution in [0.5, 0.6) is 0 Å². The first kappa shape index (κ1) is 17.4. The Hall–Kier alpha value is -3.04. The van der Waals surface area contributed by atoms with Gasteiger partial charge in [-0.05, 0) is 36.4 Å². The van der Waals surface area contributed by atoms with Gasteiger partial charge in [0.2, 0.25) is 9.84 Å². The van der Waals surface area contributed by atoms with Crippen LogP contribution in [-0.4, -0.2) is 27.9 Å². The second-order valence-corrected chi connectivity index (χ2v) is 8.32. The first-order valence-electron chi connectivity index (χ1n) is 7.69. The van der Waals surface area contributed by atoms with Crippen LogP contribution in [0.4, 0.5) is 0 Å². The molecule has 0 spiro atoms. The fraction of sp³-hybridized carbons (Fsp3) is 0.0588. The van der Waals surface area contributed by atoms with E-state index in [1.807, 2.05) is 11.6 Å². The minimum Gasteiger partial charge on any atom is -0.421 e. The number of rotatable bonds is 2. The van der Waals surface area contributed by atoms with Crippen molar-refractivity contribution in [3.05, 3.63) is 68.5 Å². The third-order valence-corrected chi connectivity index (χ3v) is 6.51. The number of nitrogens with one attached hydrogen (secondary N) is 1. The molecule has 0 amide bonds. The van der Waals surface area contributed by atoms with Crippen molar-refractivity contribution in [3.63, 3.8) is 0 Å². The number of hydrogen-bond donors (Lipinski definition) is 2. The van der Waals surface area contributed by atoms with Crippen LogP contribution in [0.1, 0.15) is 0 Å². The molecule has 0 atom stereocenters. The standard InChI is InChI=1S/C17H12ClN3O5S/c1-20-7-6-9-8-10(2-4-12(9)20)27(25,26)13-5-3-11(18)14-15(13)19-17(23)21(24)16(14)22/h2-8,24H,1H3,(H,19,23). The summed E-state index contributed by atoms with van der Waals surface area (Å²) in [6.45, 7) is 0. The fourth-order valence-electron chi connectivity index (χ4n) is 3.03. The summed E-state index contributed by atoms with van der Waals surface area (Å²) in [5, 5.41) is 9.85. The highest BCUT2D eigenvalue weighted by Crippen LogP contribution is 2.30. The Labute approximate surface area is 156 Å². The Bertz CT molecular complexity index is 1460. The molecule has 0 radical (unpaired) electrons. The van der Waals surface area contributed by atoms with Crippen LogP contribution < -0.4 is 11.2 Å². The normalized spacial score (nSPS) is 12.1. The second kappa shape index (κ2) is 5.73. The molecular weight excluding hydrogens is 394 g/mol. The highest BCUT2D eigenvalue weighted by Gasteiger charge is 2.24. The smallest absolute Gasteiger partial charge is 0.362 e. The van der Waals surface area contributed by atoms with Gasteiger partial charge in [-0.1, -0.05) is 16.3 Å². The number of aromatic nitrogens is 3. The summed E-state index contributed by atoms with van der Waals surface area (Å²) in [6.07, 6.45) is 1.81. The van der Waals surface area contributed by atoms with Gasteiger partial charge in [0.05, 0.1) is 25.7 Å². The third kappa shape index (κ3) is 2.47. The Morgan fingerprint density at radius 1 is 1.11 bits per heavy atom. The van der Waals surface area contributed by atoms with E-state index >= 15 is 0 Å². The summed E-state index contributed by atoms with van der Waals surface area (Å²) in [5.74, 6) is 0. The van der Waals surface area contributed by atoms with Gasteiger partial charge in [0.25, 0.3) is 5.56 Å². The van der Waals surface area contributed by atoms with Crippen LogP contribution in [0.3, 0.4) is 0 Å². The zero-order chi connectivity index (χ0) is 19.5. The lowest BCUT2D eigenvalue weighted by Gasteiger charge is -2.10. The number of hydrogen-bond acceptors (Lipinski definition) is 5. The highest BCUT2D eigenvalue weighted by atomic mass is 35.5. The van der Waals surface area contributed by atoms with Gasteiger partial charge in [0.1, 0.15) is 0 Å². The summed E-state index contributed by atoms with van der Waals surface area (Å²) in [5.41, 5.74) is -1.67. The van der Waals surface area contributed by atoms with E-state index in [-0.39, 0.29) is 30.4 Å². The zero-order valence-electron chi connectivity index (χ0n) is 13.8. The molecule has 2 N–H and O–H groups in total. The van der Waals surface area contributed by atoms with Crippen molar-refractivity contribution in [3.8, 4) is 0 Å². The Morgan fingerprint density at radius 2 is 1.85 bits per heavy atom. The van der Waals surface area contributed by atoms with Gasteiger partial charge in [0, 0.05) is 24.1 Å². The molecule has 0 aliphatic heterocycles. The maximum Gasteiger partial charge on any atom is 0.362 e. The molecule has 2 heterocycles. The molecule has 0 saturated heterocycles. The SMILES string of the molecule is Cn1ccc2cc(S(=O)(=O)c3ccc(Cl)c4c(=O)n(O)c(=O)[nH]c34)ccc21. The lowest BCUT2D eigenvalue weighted by atomic mass is 10.2. The Morgan fingerprint density at radius 3 is 2.59 bits per heavy atom. The number of fused-ring (bicyclic) bond motifs is 2. The predicted molar refractivity (Wildman–Crippen MR) is 99.4 cm³/mol. The Balaban J connectivity index is 2.07. The van der Waals surface area contributed by atoms with Crippen molar-refractivity contribution in [2.24, 2.45) is 7.05 Å². The molecule has 138 valence electrons. The predicted octanol–water partition coefficient (Wildman–Crippen LogP) is 1.90. The molecule has 0 bridgehead atoms. The first-order valence-corrected chi connectivity index (χ1v) is 9.55. The summed E-state index contributed by atoms with van der Waals surface area (Å²) >= 11 is 5.99. The van der Waals surface area contributed by atoms with Gasteiger partial charge >= 0.3 is 5.69 Å². The topological polar surface area (TPSA) is 114 Å². The lowest BCUT2D eigenvalue weighted by molar-refractivity contribution is 0.162. The van der Waals surface area contributed by atoms with Crippen LogP contribution in [0.2, 0.25) is 5.02 Å². The average molecular weight is 406 g/mol. The average Bonchev–Trinajstić information content (AvgIpc) is 3.00. The van der Waals surface area contributed by atoms with Crippen LogP contribution in [0, 0.1) is 0 Å². The summed E-state index contributed by atoms with van der Waals surface area (Å²) < 4.78 is 28.0. The molecule has 10 heteroatoms. The van der Waals surface area contributed by atoms with Crippen molar-refractivity contribution < 1.29 is 13.6 Å². The van der Waals surface area contributed by atoms with Gasteiger partial charge in [0.15, 0.2) is 0 Å². The minimum absolute atomic E-state index is 0.00107. The van der Waals surface area contributed by atoms with Crippen LogP contribution >= 0.6 is 11.6 Å². The fourth-order valence-corrected chi connectivity index (χ4v) is 4.72. The number of benzene rings is 2. The molecule has 0 unspecified atom stereocenters. The zero-order valence-corrected chi connectivity index (χ0v) is 15.4. The first-order chi connectivity index (χ1) is 12.7. The monoisotopic (exact) mass is 405 g/mol. The van der Waals surface area contributed by atoms with Crippen LogP contribution in [0.15, 0.2) is 62.0 Å². The van der Waals surface area contributed by atoms with Crippen molar-refractivity contribution >= 4 is 43.2 Å². The van der Waals surface area contributed by atoms with Crippen LogP contribution in [-0.2, 0) is 16.9 Å². The van der Waals surface area contributed by atoms with Gasteiger partial charge < -0.3 is 14.8 Å². The molecule has 0 aliphatic rings. The van der Waals surface area contributed by atoms with E-state index in [0.717, 1.165) is 10.9 Å². The number of halogens is 1. The molecular formula is C17H12ClN3O5S. The van der Waals surface area contributed by atoms with E-state index in [4.69, 9.17) is 11.6 Å². The number of nitrogens with zero attached hydrogens (tertiary/aromatic N) is 2. The van der Waals surface area contributed by atoms with Gasteiger partial charge in [-0.15, -0.1) is 0 Å². The van der Waals surface area contributed by atoms with E-state index in [2.05, 4.69) is 4.98 Å². The molecule has 0 fully saturated rings. The minimum atomic E-state index is -4.08. The van der Waals surface area contributed by atoms with Gasteiger partial charge in [-0.25, -0.2) is 13.2 Å². The second-order valence-electron chi connectivity index (χ2n) is 5.99. The highest BCUT2D eigenvalue weighted by molar-refractivity contribution is 7.91. The maximum absolute atomic E-state index is 13.2. The van der Waals surface area contributed by atoms with Crippen LogP contribution in [0.25, 0.3) is 21.8 Å². The van der Waals surface area contributed by atoms with E-state index in [0.29, 0.717) is 0 Å². The summed E-state index contributed by atoms with van der Waals surface area (Å²) in [7, 11) is -2.24. The van der Waals surface area contributed by atoms with E-state index in [9.17, 15) is 23.2 Å². The van der Waals surface area contributed by atoms with E-state index < -0.39 is 21.1 Å². The number of sulfone groups is 1. The van der Waals surface area contributed by atoms with Gasteiger partial charge in [-0.2, -0.15) is 0 Å². The summed E-state index contributed by atoms with van der Waals surface area (Å²) in [6, 6.07) is 8.86. The van der Waals surface area contributed by atoms with E-state index in [1.165, 1.54) is 24.3 Å². The maximum atomic E-state index is 13.2. The lowest BCUT2D eigenvalue weighted by Crippen LogP contribution is -2.33. The van der Waals surface area contributed by atoms with Crippen molar-refractivity contribution in [1.82, 2.24) is 14.3 Å². The molecule has 0 saturated carbocycles. The third-order valence-electron chi connectivity index (χ3n) is 4.40. The molecule has 2 aromatic heterocycles. The molecule has 4 aromatic rings. The molecule has 27 heavy (non-hydrogen) atoms. The Kier molecular flexibility index (Phi) is 3.69. The summed E-state index contributed by atoms with van der Waals surface area (Å²) in [4.78, 5) is 25.9. The number of aromatic amines is 1. The van der Waals surface area contributed by atoms with E-state index in [1.54, 1.807) is 18.3 Å². The number of H-pyrrole nitrogens is 1. The quantitative estimate of drug-likeness (QED) is 0.494. The molecule has 2 aromatic carbocycles. The van der Waals surface area contributed by atoms with Crippen molar-refractivity contribution in [2.45, 2.75) is 9.79 Å². The van der Waals surface area contributed by atoms with Crippen molar-refractivity contribution in [2.75, 3.05) is 0 Å². The molecule has 8 nitrogen and oxygen atoms in total. The number of aryl methyl sites for hydroxylation is 1. The van der Waals surface area contributed by atoms with Gasteiger partial charge in [-0.3, -0.25) is 4.79 Å². The van der Waals surface area contributed by atoms with Crippen molar-refractivity contribution in [1.29, 1.82) is 0 Å². The molecule has 0 aliphatic carbocycles. The largest absolute Gasteiger partial charge is 0.421 e.